The molecule has 0 fully saturated rings. The van der Waals surface area contributed by atoms with Crippen molar-refractivity contribution in [2.75, 3.05) is 13.2 Å². The fraction of sp³-hybridized carbons (Fsp3) is 0.706. The van der Waals surface area contributed by atoms with Crippen LogP contribution in [0, 0.1) is 5.92 Å². The van der Waals surface area contributed by atoms with Crippen LogP contribution in [0.5, 0.6) is 0 Å². The van der Waals surface area contributed by atoms with Crippen molar-refractivity contribution < 1.29 is 34.2 Å². The number of aliphatic hydroxyl groups is 2. The summed E-state index contributed by atoms with van der Waals surface area (Å²) in [5.74, 6) is -3.46. The molecule has 0 saturated heterocycles. The summed E-state index contributed by atoms with van der Waals surface area (Å²) in [7, 11) is 0. The molecule has 0 unspecified atom stereocenters. The van der Waals surface area contributed by atoms with Gasteiger partial charge in [0.05, 0.1) is 25.3 Å². The lowest BCUT2D eigenvalue weighted by Gasteiger charge is -2.26. The number of hydrogen-bond acceptors (Lipinski definition) is 8. The van der Waals surface area contributed by atoms with Crippen LogP contribution in [0.3, 0.4) is 0 Å². The molecular weight excluding hydrogens is 386 g/mol. The summed E-state index contributed by atoms with van der Waals surface area (Å²) in [5, 5.41) is 28.0. The molecule has 0 aliphatic carbocycles. The zero-order valence-corrected chi connectivity index (χ0v) is 17.0. The number of amides is 4. The largest absolute Gasteiger partial charge is 0.394 e. The number of aliphatic hydroxyl groups excluding tert-OH is 2. The molecule has 0 spiro atoms. The Morgan fingerprint density at radius 2 is 1.24 bits per heavy atom. The predicted octanol–water partition coefficient (Wildman–Crippen LogP) is -3.87. The van der Waals surface area contributed by atoms with Crippen molar-refractivity contribution in [3.8, 4) is 0 Å². The van der Waals surface area contributed by atoms with Gasteiger partial charge in [-0.15, -0.1) is 0 Å². The third-order valence-electron chi connectivity index (χ3n) is 3.87. The molecule has 166 valence electrons. The van der Waals surface area contributed by atoms with E-state index in [0.29, 0.717) is 6.29 Å². The zero-order valence-electron chi connectivity index (χ0n) is 17.0. The minimum Gasteiger partial charge on any atom is -0.394 e. The topological polar surface area (TPSA) is 200 Å². The molecule has 0 saturated carbocycles. The van der Waals surface area contributed by atoms with Gasteiger partial charge >= 0.3 is 0 Å². The van der Waals surface area contributed by atoms with E-state index < -0.39 is 73.0 Å². The van der Waals surface area contributed by atoms with Gasteiger partial charge in [0, 0.05) is 0 Å². The molecule has 0 heterocycles. The summed E-state index contributed by atoms with van der Waals surface area (Å²) in [5.41, 5.74) is 5.41. The van der Waals surface area contributed by atoms with Crippen LogP contribution in [0.1, 0.15) is 27.7 Å². The normalized spacial score (nSPS) is 16.0. The van der Waals surface area contributed by atoms with E-state index in [2.05, 4.69) is 21.3 Å². The second-order valence-electron chi connectivity index (χ2n) is 6.94. The van der Waals surface area contributed by atoms with E-state index in [1.807, 2.05) is 0 Å². The summed E-state index contributed by atoms with van der Waals surface area (Å²) in [4.78, 5) is 59.2. The number of aldehydes is 1. The molecule has 0 bridgehead atoms. The van der Waals surface area contributed by atoms with Gasteiger partial charge in [0.15, 0.2) is 0 Å². The Kier molecular flexibility index (Phi) is 11.7. The third kappa shape index (κ3) is 8.98. The van der Waals surface area contributed by atoms with E-state index >= 15 is 0 Å². The number of nitrogens with one attached hydrogen (secondary N) is 4. The summed E-state index contributed by atoms with van der Waals surface area (Å²) >= 11 is 0. The van der Waals surface area contributed by atoms with Crippen LogP contribution < -0.4 is 27.0 Å². The molecule has 0 aromatic carbocycles. The van der Waals surface area contributed by atoms with Gasteiger partial charge in [-0.3, -0.25) is 19.2 Å². The highest BCUT2D eigenvalue weighted by atomic mass is 16.3. The Balaban J connectivity index is 5.16. The first-order valence-electron chi connectivity index (χ1n) is 9.12. The van der Waals surface area contributed by atoms with Crippen LogP contribution >= 0.6 is 0 Å². The molecule has 0 aromatic rings. The molecule has 12 nitrogen and oxygen atoms in total. The molecule has 29 heavy (non-hydrogen) atoms. The number of hydrogen-bond donors (Lipinski definition) is 7. The maximum Gasteiger partial charge on any atom is 0.245 e. The van der Waals surface area contributed by atoms with Gasteiger partial charge in [-0.1, -0.05) is 13.8 Å². The minimum absolute atomic E-state index is 0.432. The van der Waals surface area contributed by atoms with Crippen LogP contribution in [-0.4, -0.2) is 83.6 Å². The van der Waals surface area contributed by atoms with Gasteiger partial charge < -0.3 is 42.0 Å². The molecule has 0 aliphatic heterocycles. The van der Waals surface area contributed by atoms with Gasteiger partial charge in [-0.2, -0.15) is 0 Å². The lowest BCUT2D eigenvalue weighted by Crippen LogP contribution is -2.60. The molecule has 0 radical (unpaired) electrons. The van der Waals surface area contributed by atoms with Crippen molar-refractivity contribution >= 4 is 29.9 Å². The Hall–Kier alpha value is -2.57. The average Bonchev–Trinajstić information content (AvgIpc) is 2.66. The maximum absolute atomic E-state index is 12.5. The summed E-state index contributed by atoms with van der Waals surface area (Å²) in [6, 6.07) is -5.51. The quantitative estimate of drug-likeness (QED) is 0.156. The first-order chi connectivity index (χ1) is 13.5. The standard InChI is InChI=1S/C17H31N5O7/c1-8(2)13(22-16(28)12(7-25)20-14(26)10(4)18)17(29)21-11(6-24)15(27)19-9(3)5-23/h5,8-13,24-25H,6-7,18H2,1-4H3,(H,19,27)(H,20,26)(H,21,29)(H,22,28)/t9-,10-,11-,12-,13-/m0/s1. The van der Waals surface area contributed by atoms with Crippen molar-refractivity contribution in [3.05, 3.63) is 0 Å². The summed E-state index contributed by atoms with van der Waals surface area (Å²) < 4.78 is 0. The first-order valence-corrected chi connectivity index (χ1v) is 9.12. The van der Waals surface area contributed by atoms with E-state index in [1.165, 1.54) is 13.8 Å². The van der Waals surface area contributed by atoms with Crippen LogP contribution in [-0.2, 0) is 24.0 Å². The lowest BCUT2D eigenvalue weighted by atomic mass is 10.0. The number of carbonyl (C=O) groups is 5. The molecule has 8 N–H and O–H groups in total. The fourth-order valence-electron chi connectivity index (χ4n) is 2.10. The van der Waals surface area contributed by atoms with Crippen molar-refractivity contribution in [3.63, 3.8) is 0 Å². The van der Waals surface area contributed by atoms with Crippen molar-refractivity contribution in [2.45, 2.75) is 57.9 Å². The highest BCUT2D eigenvalue weighted by Crippen LogP contribution is 2.04. The second kappa shape index (κ2) is 12.8. The Morgan fingerprint density at radius 3 is 1.62 bits per heavy atom. The van der Waals surface area contributed by atoms with Gasteiger partial charge in [-0.05, 0) is 19.8 Å². The van der Waals surface area contributed by atoms with E-state index in [0.717, 1.165) is 0 Å². The predicted molar refractivity (Wildman–Crippen MR) is 102 cm³/mol. The van der Waals surface area contributed by atoms with Crippen LogP contribution in [0.25, 0.3) is 0 Å². The van der Waals surface area contributed by atoms with Crippen molar-refractivity contribution in [1.29, 1.82) is 0 Å². The van der Waals surface area contributed by atoms with Gasteiger partial charge in [0.1, 0.15) is 24.4 Å². The molecule has 5 atom stereocenters. The molecule has 0 rings (SSSR count). The Bertz CT molecular complexity index is 597. The molecule has 0 aromatic heterocycles. The van der Waals surface area contributed by atoms with Gasteiger partial charge in [-0.25, -0.2) is 0 Å². The average molecular weight is 417 g/mol. The zero-order chi connectivity index (χ0) is 22.7. The maximum atomic E-state index is 12.5. The first kappa shape index (κ1) is 26.4. The minimum atomic E-state index is -1.34. The van der Waals surface area contributed by atoms with E-state index in [-0.39, 0.29) is 0 Å². The Labute approximate surface area is 169 Å². The lowest BCUT2D eigenvalue weighted by molar-refractivity contribution is -0.135. The van der Waals surface area contributed by atoms with E-state index in [4.69, 9.17) is 5.73 Å². The van der Waals surface area contributed by atoms with Crippen LogP contribution in [0.15, 0.2) is 0 Å². The number of carbonyl (C=O) groups excluding carboxylic acids is 5. The molecule has 12 heteroatoms. The van der Waals surface area contributed by atoms with Crippen LogP contribution in [0.4, 0.5) is 0 Å². The van der Waals surface area contributed by atoms with Crippen molar-refractivity contribution in [2.24, 2.45) is 11.7 Å². The van der Waals surface area contributed by atoms with Gasteiger partial charge in [0.2, 0.25) is 23.6 Å². The molecule has 4 amide bonds. The molecule has 0 aliphatic rings. The smallest absolute Gasteiger partial charge is 0.245 e. The Morgan fingerprint density at radius 1 is 0.793 bits per heavy atom. The summed E-state index contributed by atoms with van der Waals surface area (Å²) in [6.07, 6.45) is 0.483. The second-order valence-corrected chi connectivity index (χ2v) is 6.94. The number of rotatable bonds is 12. The summed E-state index contributed by atoms with van der Waals surface area (Å²) in [6.45, 7) is 4.62. The fourth-order valence-corrected chi connectivity index (χ4v) is 2.10. The molecular formula is C17H31N5O7. The van der Waals surface area contributed by atoms with Gasteiger partial charge in [0.25, 0.3) is 0 Å². The highest BCUT2D eigenvalue weighted by molar-refractivity contribution is 5.95. The monoisotopic (exact) mass is 417 g/mol. The number of nitrogens with two attached hydrogens (primary N) is 1. The third-order valence-corrected chi connectivity index (χ3v) is 3.87. The van der Waals surface area contributed by atoms with Crippen LogP contribution in [0.2, 0.25) is 0 Å². The van der Waals surface area contributed by atoms with E-state index in [1.54, 1.807) is 13.8 Å². The SMILES string of the molecule is CC(C)[C@H](NC(=O)[C@H](CO)NC(=O)[C@H](C)N)C(=O)N[C@@H](CO)C(=O)N[C@@H](C)C=O. The van der Waals surface area contributed by atoms with Crippen molar-refractivity contribution in [1.82, 2.24) is 21.3 Å². The highest BCUT2D eigenvalue weighted by Gasteiger charge is 2.31. The van der Waals surface area contributed by atoms with E-state index in [9.17, 15) is 34.2 Å².